The first-order valence-corrected chi connectivity index (χ1v) is 55.5. The van der Waals surface area contributed by atoms with Crippen LogP contribution in [0.1, 0.15) is 589 Å². The van der Waals surface area contributed by atoms with Crippen molar-refractivity contribution < 1.29 is 32.4 Å². The van der Waals surface area contributed by atoms with Gasteiger partial charge in [-0.05, 0) is 122 Å². The molecule has 0 unspecified atom stereocenters. The second kappa shape index (κ2) is 119. The molecule has 7 nitrogen and oxygen atoms in total. The lowest BCUT2D eigenvalue weighted by Crippen LogP contribution is -2.06. The first kappa shape index (κ1) is 174. The van der Waals surface area contributed by atoms with Crippen molar-refractivity contribution in [2.24, 2.45) is 0 Å². The molecule has 0 amide bonds. The van der Waals surface area contributed by atoms with Crippen molar-refractivity contribution in [3.05, 3.63) is 343 Å². The van der Waals surface area contributed by atoms with Crippen molar-refractivity contribution in [3.8, 4) is 0 Å². The summed E-state index contributed by atoms with van der Waals surface area (Å²) in [6, 6.07) is 75.0. The summed E-state index contributed by atoms with van der Waals surface area (Å²) in [7, 11) is -3.42. The van der Waals surface area contributed by atoms with Crippen LogP contribution in [0.5, 0.6) is 0 Å². The normalized spacial score (nSPS) is 8.62. The summed E-state index contributed by atoms with van der Waals surface area (Å²) >= 11 is 0. The van der Waals surface area contributed by atoms with E-state index in [0.29, 0.717) is 102 Å². The SMILES string of the molecule is C.C.C.C.CC.CC.CC.CC.CC.CC.CC.CC.CC.CC.CC.CC.CC.CC.CC.CC.CC.CC.CC.CC.CC(C)c1ccc(C(=O)c2ccc(C(=O)c3ccc(C(C)C)cc3)cc2)cc1.CC(C)c1ccc(C(=O)c2ccc(C(C)C)cc2)cc1.CC(C)c1ccc(C(=O)c2cccc(C(=O)c3ccc(C(C)C)cc3)c2)cc1.CC(C)c1ccc(S(=O)(=O)c2ccc(C(C)C)cc2)cc1. The van der Waals surface area contributed by atoms with Crippen LogP contribution in [0.25, 0.3) is 0 Å². The molecule has 0 aromatic heterocycles. The van der Waals surface area contributed by atoms with Gasteiger partial charge in [0.25, 0.3) is 0 Å². The fraction of sp³-hybridized carbons (Fsp3) is 0.511. The van der Waals surface area contributed by atoms with E-state index in [1.807, 2.05) is 447 Å². The van der Waals surface area contributed by atoms with Gasteiger partial charge in [-0.2, -0.15) is 0 Å². The molecule has 0 spiro atoms. The number of hydrogen-bond donors (Lipinski definition) is 0. The van der Waals surface area contributed by atoms with Crippen LogP contribution in [0, 0.1) is 0 Å². The second-order valence-corrected chi connectivity index (χ2v) is 29.4. The number of benzene rings is 10. The van der Waals surface area contributed by atoms with Crippen molar-refractivity contribution in [1.29, 1.82) is 0 Å². The highest BCUT2D eigenvalue weighted by molar-refractivity contribution is 7.91. The number of carbonyl (C=O) groups excluding carboxylic acids is 5. The van der Waals surface area contributed by atoms with Gasteiger partial charge < -0.3 is 0 Å². The highest BCUT2D eigenvalue weighted by Crippen LogP contribution is 2.28. The minimum atomic E-state index is -3.42. The van der Waals surface area contributed by atoms with Crippen molar-refractivity contribution >= 4 is 38.8 Å². The molecule has 0 radical (unpaired) electrons. The second-order valence-electron chi connectivity index (χ2n) is 27.4. The lowest BCUT2D eigenvalue weighted by molar-refractivity contribution is 0.102. The van der Waals surface area contributed by atoms with Crippen LogP contribution in [0.15, 0.2) is 252 Å². The lowest BCUT2D eigenvalue weighted by Gasteiger charge is -2.10. The third kappa shape index (κ3) is 70.8. The molecule has 0 N–H and O–H groups in total. The molecule has 10 rings (SSSR count). The zero-order valence-electron chi connectivity index (χ0n) is 99.5. The van der Waals surface area contributed by atoms with Gasteiger partial charge in [0.05, 0.1) is 9.79 Å². The fourth-order valence-electron chi connectivity index (χ4n) is 10.7. The van der Waals surface area contributed by atoms with Crippen LogP contribution in [0.3, 0.4) is 0 Å². The average Bonchev–Trinajstić information content (AvgIpc) is 0.797. The molecule has 141 heavy (non-hydrogen) atoms. The Kier molecular flexibility index (Phi) is 147. The van der Waals surface area contributed by atoms with Crippen molar-refractivity contribution in [2.45, 2.75) is 475 Å². The molecule has 0 fully saturated rings. The quantitative estimate of drug-likeness (QED) is 0.0697. The Morgan fingerprint density at radius 3 is 0.348 bits per heavy atom. The van der Waals surface area contributed by atoms with Crippen molar-refractivity contribution in [2.75, 3.05) is 0 Å². The van der Waals surface area contributed by atoms with Crippen molar-refractivity contribution in [1.82, 2.24) is 0 Å². The molecular weight excluding hydrogens is 1740 g/mol. The summed E-state index contributed by atoms with van der Waals surface area (Å²) in [5.74, 6) is 3.38. The summed E-state index contributed by atoms with van der Waals surface area (Å²) < 4.78 is 25.2. The predicted octanol–water partition coefficient (Wildman–Crippen LogP) is 45.8. The van der Waals surface area contributed by atoms with Crippen LogP contribution in [0.4, 0.5) is 0 Å². The van der Waals surface area contributed by atoms with Gasteiger partial charge in [0.15, 0.2) is 28.9 Å². The van der Waals surface area contributed by atoms with Gasteiger partial charge in [-0.25, -0.2) is 8.42 Å². The van der Waals surface area contributed by atoms with Gasteiger partial charge >= 0.3 is 0 Å². The highest BCUT2D eigenvalue weighted by Gasteiger charge is 2.20. The first-order chi connectivity index (χ1) is 66.0. The Bertz CT molecular complexity index is 4080. The average molecular weight is 1980 g/mol. The predicted molar refractivity (Wildman–Crippen MR) is 654 cm³/mol. The van der Waals surface area contributed by atoms with E-state index in [1.54, 1.807) is 72.8 Å². The molecule has 0 saturated carbocycles. The molecule has 0 heterocycles. The molecule has 8 heteroatoms. The number of hydrogen-bond acceptors (Lipinski definition) is 7. The largest absolute Gasteiger partial charge is 0.289 e. The maximum Gasteiger partial charge on any atom is 0.206 e. The van der Waals surface area contributed by atoms with E-state index >= 15 is 0 Å². The molecule has 0 bridgehead atoms. The van der Waals surface area contributed by atoms with Crippen LogP contribution >= 0.6 is 0 Å². The Labute approximate surface area is 882 Å². The van der Waals surface area contributed by atoms with E-state index < -0.39 is 9.84 Å². The minimum absolute atomic E-state index is 0. The Balaban J connectivity index is -0.0000000793. The number of carbonyl (C=O) groups is 5. The van der Waals surface area contributed by atoms with E-state index in [4.69, 9.17) is 0 Å². The summed E-state index contributed by atoms with van der Waals surface area (Å²) in [6.45, 7) is 114. The summed E-state index contributed by atoms with van der Waals surface area (Å²) in [6.07, 6.45) is 0. The van der Waals surface area contributed by atoms with E-state index in [2.05, 4.69) is 111 Å². The molecule has 0 saturated heterocycles. The van der Waals surface area contributed by atoms with Crippen LogP contribution < -0.4 is 0 Å². The molecule has 0 aliphatic rings. The summed E-state index contributed by atoms with van der Waals surface area (Å²) in [4.78, 5) is 64.2. The van der Waals surface area contributed by atoms with E-state index in [9.17, 15) is 32.4 Å². The van der Waals surface area contributed by atoms with Gasteiger partial charge in [-0.1, -0.05) is 630 Å². The third-order valence-electron chi connectivity index (χ3n) is 17.5. The Morgan fingerprint density at radius 1 is 0.149 bits per heavy atom. The van der Waals surface area contributed by atoms with Crippen LogP contribution in [-0.2, 0) is 9.84 Å². The molecular formula is C133H232O7S. The molecule has 0 atom stereocenters. The van der Waals surface area contributed by atoms with E-state index in [0.717, 1.165) is 22.3 Å². The fourth-order valence-corrected chi connectivity index (χ4v) is 12.0. The maximum absolute atomic E-state index is 12.8. The summed E-state index contributed by atoms with van der Waals surface area (Å²) in [5, 5.41) is 0. The Morgan fingerprint density at radius 2 is 0.241 bits per heavy atom. The molecule has 812 valence electrons. The molecule has 0 aliphatic heterocycles. The van der Waals surface area contributed by atoms with Crippen LogP contribution in [0.2, 0.25) is 0 Å². The monoisotopic (exact) mass is 1970 g/mol. The molecule has 10 aromatic rings. The highest BCUT2D eigenvalue weighted by atomic mass is 32.2. The van der Waals surface area contributed by atoms with E-state index in [-0.39, 0.29) is 58.6 Å². The number of ketones is 5. The van der Waals surface area contributed by atoms with E-state index in [1.165, 1.54) is 33.4 Å². The van der Waals surface area contributed by atoms with Gasteiger partial charge in [0, 0.05) is 55.6 Å². The lowest BCUT2D eigenvalue weighted by atomic mass is 9.95. The summed E-state index contributed by atoms with van der Waals surface area (Å²) in [5.41, 5.74) is 16.0. The minimum Gasteiger partial charge on any atom is -0.289 e. The van der Waals surface area contributed by atoms with Gasteiger partial charge in [-0.3, -0.25) is 24.0 Å². The first-order valence-electron chi connectivity index (χ1n) is 54.0. The van der Waals surface area contributed by atoms with Crippen LogP contribution in [-0.4, -0.2) is 37.3 Å². The topological polar surface area (TPSA) is 119 Å². The number of rotatable bonds is 20. The molecule has 10 aromatic carbocycles. The number of sulfone groups is 1. The molecule has 0 aliphatic carbocycles. The standard InChI is InChI=1S/2C26H26O2.C19H22O.C18H22O2S.20C2H6.4CH4/c1-17(2)19-5-9-21(10-6-19)25(27)23-13-15-24(16-14-23)26(28)22-11-7-20(8-12-22)18(3)4;1-17(2)19-8-12-21(13-9-19)25(27)23-6-5-7-24(16-23)26(28)22-14-10-20(11-15-22)18(3)4;1-13(2)15-5-9-17(10-6-15)19(20)18-11-7-16(8-12-18)14(3)4;1-13(2)15-5-9-17(10-6-15)21(19,20)18-11-7-16(8-12-18)14(3)4;20*1-2;;;;/h2*5-18H,1-4H3;5-14H,1-4H3;5-14H,1-4H3;20*1-2H3;4*1H4. The van der Waals surface area contributed by atoms with Gasteiger partial charge in [-0.15, -0.1) is 0 Å². The Hall–Kier alpha value is -9.50. The maximum atomic E-state index is 12.8. The van der Waals surface area contributed by atoms with Gasteiger partial charge in [0.1, 0.15) is 0 Å². The smallest absolute Gasteiger partial charge is 0.206 e. The van der Waals surface area contributed by atoms with Gasteiger partial charge in [0.2, 0.25) is 9.84 Å². The van der Waals surface area contributed by atoms with Crippen molar-refractivity contribution in [3.63, 3.8) is 0 Å². The zero-order valence-corrected chi connectivity index (χ0v) is 100. The zero-order chi connectivity index (χ0) is 111. The third-order valence-corrected chi connectivity index (χ3v) is 19.3.